The van der Waals surface area contributed by atoms with Gasteiger partial charge in [0.1, 0.15) is 0 Å². The Kier molecular flexibility index (Phi) is 6.69. The molecule has 0 aliphatic heterocycles. The van der Waals surface area contributed by atoms with Crippen LogP contribution < -0.4 is 5.73 Å². The molecule has 0 radical (unpaired) electrons. The zero-order valence-corrected chi connectivity index (χ0v) is 12.3. The maximum absolute atomic E-state index is 12.3. The smallest absolute Gasteiger partial charge is 0.222 e. The summed E-state index contributed by atoms with van der Waals surface area (Å²) in [5.74, 6) is 0.902. The standard InChI is InChI=1S/C15H30N2O/c1-12(2)11-17(14-8-4-5-9-14)15(18)10-6-7-13(3)16/h12-14H,4-11,16H2,1-3H3. The van der Waals surface area contributed by atoms with E-state index >= 15 is 0 Å². The van der Waals surface area contributed by atoms with Crippen molar-refractivity contribution >= 4 is 5.91 Å². The zero-order chi connectivity index (χ0) is 13.5. The number of hydrogen-bond donors (Lipinski definition) is 1. The van der Waals surface area contributed by atoms with Gasteiger partial charge < -0.3 is 10.6 Å². The largest absolute Gasteiger partial charge is 0.339 e. The molecule has 0 heterocycles. The van der Waals surface area contributed by atoms with E-state index in [-0.39, 0.29) is 6.04 Å². The van der Waals surface area contributed by atoms with E-state index in [9.17, 15) is 4.79 Å². The van der Waals surface area contributed by atoms with E-state index in [4.69, 9.17) is 5.73 Å². The second-order valence-corrected chi connectivity index (χ2v) is 6.25. The van der Waals surface area contributed by atoms with Gasteiger partial charge in [-0.05, 0) is 38.5 Å². The summed E-state index contributed by atoms with van der Waals surface area (Å²) >= 11 is 0. The minimum atomic E-state index is 0.211. The van der Waals surface area contributed by atoms with Crippen molar-refractivity contribution in [1.29, 1.82) is 0 Å². The highest BCUT2D eigenvalue weighted by molar-refractivity contribution is 5.76. The average molecular weight is 254 g/mol. The van der Waals surface area contributed by atoms with E-state index in [1.807, 2.05) is 6.92 Å². The van der Waals surface area contributed by atoms with Crippen LogP contribution in [0.1, 0.15) is 65.7 Å². The first-order valence-corrected chi connectivity index (χ1v) is 7.55. The quantitative estimate of drug-likeness (QED) is 0.759. The molecular weight excluding hydrogens is 224 g/mol. The highest BCUT2D eigenvalue weighted by atomic mass is 16.2. The van der Waals surface area contributed by atoms with Crippen LogP contribution in [0.25, 0.3) is 0 Å². The van der Waals surface area contributed by atoms with Crippen molar-refractivity contribution in [3.05, 3.63) is 0 Å². The van der Waals surface area contributed by atoms with Crippen molar-refractivity contribution in [2.24, 2.45) is 11.7 Å². The molecule has 0 bridgehead atoms. The molecule has 3 heteroatoms. The summed E-state index contributed by atoms with van der Waals surface area (Å²) in [6.45, 7) is 7.31. The second-order valence-electron chi connectivity index (χ2n) is 6.25. The first-order valence-electron chi connectivity index (χ1n) is 7.55. The van der Waals surface area contributed by atoms with Crippen molar-refractivity contribution in [2.75, 3.05) is 6.54 Å². The molecule has 18 heavy (non-hydrogen) atoms. The van der Waals surface area contributed by atoms with Crippen LogP contribution in [0.4, 0.5) is 0 Å². The fourth-order valence-corrected chi connectivity index (χ4v) is 2.78. The third-order valence-corrected chi connectivity index (χ3v) is 3.70. The van der Waals surface area contributed by atoms with E-state index in [1.54, 1.807) is 0 Å². The summed E-state index contributed by atoms with van der Waals surface area (Å²) in [6, 6.07) is 0.720. The number of nitrogens with zero attached hydrogens (tertiary/aromatic N) is 1. The lowest BCUT2D eigenvalue weighted by molar-refractivity contribution is -0.134. The van der Waals surface area contributed by atoms with Gasteiger partial charge in [-0.3, -0.25) is 4.79 Å². The molecular formula is C15H30N2O. The van der Waals surface area contributed by atoms with E-state index in [1.165, 1.54) is 25.7 Å². The lowest BCUT2D eigenvalue weighted by atomic mass is 10.1. The van der Waals surface area contributed by atoms with Crippen LogP contribution in [0.15, 0.2) is 0 Å². The van der Waals surface area contributed by atoms with Gasteiger partial charge in [0.25, 0.3) is 0 Å². The minimum Gasteiger partial charge on any atom is -0.339 e. The van der Waals surface area contributed by atoms with Crippen LogP contribution in [-0.4, -0.2) is 29.4 Å². The number of nitrogens with two attached hydrogens (primary N) is 1. The summed E-state index contributed by atoms with van der Waals surface area (Å²) in [4.78, 5) is 14.5. The van der Waals surface area contributed by atoms with Crippen LogP contribution in [0.3, 0.4) is 0 Å². The lowest BCUT2D eigenvalue weighted by Crippen LogP contribution is -2.41. The summed E-state index contributed by atoms with van der Waals surface area (Å²) in [5, 5.41) is 0. The van der Waals surface area contributed by atoms with Crippen molar-refractivity contribution < 1.29 is 4.79 Å². The van der Waals surface area contributed by atoms with E-state index in [0.29, 0.717) is 24.3 Å². The van der Waals surface area contributed by atoms with Gasteiger partial charge in [0, 0.05) is 25.0 Å². The number of carbonyl (C=O) groups is 1. The van der Waals surface area contributed by atoms with E-state index in [0.717, 1.165) is 19.4 Å². The fourth-order valence-electron chi connectivity index (χ4n) is 2.78. The summed E-state index contributed by atoms with van der Waals surface area (Å²) in [6.07, 6.45) is 7.52. The van der Waals surface area contributed by atoms with Crippen molar-refractivity contribution in [1.82, 2.24) is 4.90 Å². The highest BCUT2D eigenvalue weighted by Crippen LogP contribution is 2.25. The Morgan fingerprint density at radius 1 is 1.28 bits per heavy atom. The fraction of sp³-hybridized carbons (Fsp3) is 0.933. The molecule has 0 aromatic rings. The SMILES string of the molecule is CC(C)CN(C(=O)CCCC(C)N)C1CCCC1. The first-order chi connectivity index (χ1) is 8.50. The maximum atomic E-state index is 12.3. The number of rotatable bonds is 7. The summed E-state index contributed by atoms with van der Waals surface area (Å²) in [5.41, 5.74) is 5.73. The molecule has 1 saturated carbocycles. The van der Waals surface area contributed by atoms with Gasteiger partial charge in [-0.2, -0.15) is 0 Å². The molecule has 1 aliphatic rings. The van der Waals surface area contributed by atoms with Crippen LogP contribution in [-0.2, 0) is 4.79 Å². The molecule has 2 N–H and O–H groups in total. The molecule has 0 aromatic carbocycles. The first kappa shape index (κ1) is 15.5. The monoisotopic (exact) mass is 254 g/mol. The molecule has 1 unspecified atom stereocenters. The Hall–Kier alpha value is -0.570. The molecule has 1 rings (SSSR count). The molecule has 1 fully saturated rings. The van der Waals surface area contributed by atoms with E-state index in [2.05, 4.69) is 18.7 Å². The normalized spacial score (nSPS) is 18.3. The van der Waals surface area contributed by atoms with Gasteiger partial charge in [0.15, 0.2) is 0 Å². The van der Waals surface area contributed by atoms with Gasteiger partial charge in [-0.25, -0.2) is 0 Å². The van der Waals surface area contributed by atoms with Crippen LogP contribution >= 0.6 is 0 Å². The van der Waals surface area contributed by atoms with Crippen LogP contribution in [0.2, 0.25) is 0 Å². The molecule has 0 saturated heterocycles. The van der Waals surface area contributed by atoms with Crippen LogP contribution in [0, 0.1) is 5.92 Å². The topological polar surface area (TPSA) is 46.3 Å². The minimum absolute atomic E-state index is 0.211. The van der Waals surface area contributed by atoms with Gasteiger partial charge >= 0.3 is 0 Å². The van der Waals surface area contributed by atoms with Crippen molar-refractivity contribution in [2.45, 2.75) is 77.8 Å². The summed E-state index contributed by atoms with van der Waals surface area (Å²) in [7, 11) is 0. The third kappa shape index (κ3) is 5.38. The Balaban J connectivity index is 2.44. The van der Waals surface area contributed by atoms with Gasteiger partial charge in [-0.15, -0.1) is 0 Å². The summed E-state index contributed by atoms with van der Waals surface area (Å²) < 4.78 is 0. The van der Waals surface area contributed by atoms with Gasteiger partial charge in [0.05, 0.1) is 0 Å². The third-order valence-electron chi connectivity index (χ3n) is 3.70. The number of carbonyl (C=O) groups excluding carboxylic acids is 1. The zero-order valence-electron chi connectivity index (χ0n) is 12.3. The number of amides is 1. The molecule has 0 aromatic heterocycles. The average Bonchev–Trinajstić information content (AvgIpc) is 2.78. The highest BCUT2D eigenvalue weighted by Gasteiger charge is 2.26. The Morgan fingerprint density at radius 3 is 2.39 bits per heavy atom. The maximum Gasteiger partial charge on any atom is 0.222 e. The molecule has 1 amide bonds. The van der Waals surface area contributed by atoms with Gasteiger partial charge in [0.2, 0.25) is 5.91 Å². The van der Waals surface area contributed by atoms with Crippen molar-refractivity contribution in [3.8, 4) is 0 Å². The van der Waals surface area contributed by atoms with Gasteiger partial charge in [-0.1, -0.05) is 26.7 Å². The second kappa shape index (κ2) is 7.78. The molecule has 0 spiro atoms. The molecule has 3 nitrogen and oxygen atoms in total. The number of hydrogen-bond acceptors (Lipinski definition) is 2. The molecule has 106 valence electrons. The molecule has 1 atom stereocenters. The Bertz CT molecular complexity index is 245. The Morgan fingerprint density at radius 2 is 1.89 bits per heavy atom. The van der Waals surface area contributed by atoms with Crippen LogP contribution in [0.5, 0.6) is 0 Å². The lowest BCUT2D eigenvalue weighted by Gasteiger charge is -2.31. The predicted molar refractivity (Wildman–Crippen MR) is 76.3 cm³/mol. The Labute approximate surface area is 112 Å². The molecule has 1 aliphatic carbocycles. The van der Waals surface area contributed by atoms with E-state index < -0.39 is 0 Å². The predicted octanol–water partition coefficient (Wildman–Crippen LogP) is 2.93. The van der Waals surface area contributed by atoms with Crippen molar-refractivity contribution in [3.63, 3.8) is 0 Å².